The Morgan fingerprint density at radius 3 is 2.03 bits per heavy atom. The zero-order valence-corrected chi connectivity index (χ0v) is 18.0. The van der Waals surface area contributed by atoms with Gasteiger partial charge in [-0.05, 0) is 13.0 Å². The van der Waals surface area contributed by atoms with Crippen LogP contribution in [0, 0.1) is 17.0 Å². The van der Waals surface area contributed by atoms with Crippen LogP contribution < -0.4 is 0 Å². The largest absolute Gasteiger partial charge is 0.379 e. The van der Waals surface area contributed by atoms with E-state index < -0.39 is 25.2 Å². The lowest BCUT2D eigenvalue weighted by Gasteiger charge is -2.37. The number of nitro benzene ring substituents is 1. The second-order valence-electron chi connectivity index (χ2n) is 6.63. The molecule has 0 bridgehead atoms. The summed E-state index contributed by atoms with van der Waals surface area (Å²) < 4.78 is 60.1. The Balaban J connectivity index is 1.77. The minimum atomic E-state index is -4.06. The first-order valence-corrected chi connectivity index (χ1v) is 12.0. The molecule has 0 saturated carbocycles. The van der Waals surface area contributed by atoms with Crippen molar-refractivity contribution in [1.82, 2.24) is 12.9 Å². The number of hydrogen-bond donors (Lipinski definition) is 0. The van der Waals surface area contributed by atoms with E-state index in [0.717, 1.165) is 10.4 Å². The molecule has 2 saturated heterocycles. The molecule has 0 aliphatic carbocycles. The maximum Gasteiger partial charge on any atom is 0.282 e. The lowest BCUT2D eigenvalue weighted by molar-refractivity contribution is -0.385. The van der Waals surface area contributed by atoms with Gasteiger partial charge in [-0.15, -0.1) is 0 Å². The maximum absolute atomic E-state index is 12.9. The van der Waals surface area contributed by atoms with Crippen LogP contribution in [0.3, 0.4) is 0 Å². The van der Waals surface area contributed by atoms with Crippen LogP contribution in [0.4, 0.5) is 5.69 Å². The molecule has 0 radical (unpaired) electrons. The third kappa shape index (κ3) is 4.40. The summed E-state index contributed by atoms with van der Waals surface area (Å²) in [5.41, 5.74) is -0.207. The molecule has 11 nitrogen and oxygen atoms in total. The van der Waals surface area contributed by atoms with Gasteiger partial charge < -0.3 is 4.74 Å². The Bertz CT molecular complexity index is 1000. The summed E-state index contributed by atoms with van der Waals surface area (Å²) in [7, 11) is -7.76. The van der Waals surface area contributed by atoms with E-state index in [4.69, 9.17) is 16.3 Å². The molecule has 0 spiro atoms. The molecule has 2 aliphatic heterocycles. The average Bonchev–Trinajstić information content (AvgIpc) is 2.70. The van der Waals surface area contributed by atoms with Crippen molar-refractivity contribution < 1.29 is 26.5 Å². The van der Waals surface area contributed by atoms with Crippen molar-refractivity contribution in [2.45, 2.75) is 11.8 Å². The van der Waals surface area contributed by atoms with Crippen LogP contribution in [-0.4, -0.2) is 87.2 Å². The van der Waals surface area contributed by atoms with Crippen molar-refractivity contribution in [3.8, 4) is 0 Å². The number of nitrogens with zero attached hydrogens (tertiary/aromatic N) is 4. The van der Waals surface area contributed by atoms with Crippen LogP contribution in [-0.2, 0) is 25.0 Å². The Kier molecular flexibility index (Phi) is 6.48. The van der Waals surface area contributed by atoms with Crippen LogP contribution in [0.25, 0.3) is 0 Å². The quantitative estimate of drug-likeness (QED) is 0.452. The zero-order chi connectivity index (χ0) is 21.4. The number of morpholine rings is 1. The van der Waals surface area contributed by atoms with Gasteiger partial charge in [-0.3, -0.25) is 10.1 Å². The second-order valence-corrected chi connectivity index (χ2v) is 10.9. The van der Waals surface area contributed by atoms with E-state index in [9.17, 15) is 26.9 Å². The van der Waals surface area contributed by atoms with Gasteiger partial charge in [0.1, 0.15) is 0 Å². The van der Waals surface area contributed by atoms with E-state index in [1.165, 1.54) is 21.6 Å². The number of rotatable bonds is 5. The third-order valence-corrected chi connectivity index (χ3v) is 9.25. The van der Waals surface area contributed by atoms with E-state index in [1.807, 2.05) is 0 Å². The molecular weight excluding hydrogens is 448 g/mol. The van der Waals surface area contributed by atoms with Crippen LogP contribution in [0.1, 0.15) is 5.56 Å². The fourth-order valence-corrected chi connectivity index (χ4v) is 6.52. The molecule has 1 aromatic carbocycles. The Labute approximate surface area is 174 Å². The van der Waals surface area contributed by atoms with E-state index in [0.29, 0.717) is 13.2 Å². The van der Waals surface area contributed by atoms with Crippen molar-refractivity contribution >= 4 is 37.5 Å². The van der Waals surface area contributed by atoms with Gasteiger partial charge >= 0.3 is 0 Å². The lowest BCUT2D eigenvalue weighted by Crippen LogP contribution is -2.55. The molecule has 0 unspecified atom stereocenters. The molecule has 29 heavy (non-hydrogen) atoms. The van der Waals surface area contributed by atoms with E-state index in [2.05, 4.69) is 0 Å². The number of sulfonamides is 1. The monoisotopic (exact) mass is 468 g/mol. The van der Waals surface area contributed by atoms with Crippen molar-refractivity contribution in [3.05, 3.63) is 32.8 Å². The minimum Gasteiger partial charge on any atom is -0.379 e. The predicted octanol–water partition coefficient (Wildman–Crippen LogP) is 0.440. The van der Waals surface area contributed by atoms with E-state index in [-0.39, 0.29) is 60.4 Å². The highest BCUT2D eigenvalue weighted by molar-refractivity contribution is 7.89. The summed E-state index contributed by atoms with van der Waals surface area (Å²) in [6.45, 7) is 2.43. The van der Waals surface area contributed by atoms with E-state index in [1.54, 1.807) is 0 Å². The number of halogens is 1. The molecule has 0 N–H and O–H groups in total. The minimum absolute atomic E-state index is 0.0133. The highest BCUT2D eigenvalue weighted by atomic mass is 35.5. The Morgan fingerprint density at radius 1 is 0.966 bits per heavy atom. The number of hydrogen-bond acceptors (Lipinski definition) is 7. The number of ether oxygens (including phenoxy) is 1. The zero-order valence-electron chi connectivity index (χ0n) is 15.7. The van der Waals surface area contributed by atoms with Crippen LogP contribution in [0.2, 0.25) is 5.02 Å². The molecule has 0 aromatic heterocycles. The first-order chi connectivity index (χ1) is 13.5. The molecular formula is C15H21ClN4O7S2. The third-order valence-electron chi connectivity index (χ3n) is 4.95. The van der Waals surface area contributed by atoms with Gasteiger partial charge in [0.25, 0.3) is 15.9 Å². The first-order valence-electron chi connectivity index (χ1n) is 8.83. The topological polar surface area (TPSA) is 130 Å². The predicted molar refractivity (Wildman–Crippen MR) is 104 cm³/mol. The van der Waals surface area contributed by atoms with Crippen molar-refractivity contribution in [3.63, 3.8) is 0 Å². The highest BCUT2D eigenvalue weighted by Crippen LogP contribution is 2.31. The fourth-order valence-electron chi connectivity index (χ4n) is 3.21. The SMILES string of the molecule is Cc1c(Cl)cc(S(=O)(=O)N2CCN(S(=O)(=O)N3CCOCC3)CC2)cc1[N+](=O)[O-]. The Hall–Kier alpha value is -1.35. The first kappa shape index (κ1) is 22.3. The summed E-state index contributed by atoms with van der Waals surface area (Å²) in [6, 6.07) is 2.16. The number of benzene rings is 1. The van der Waals surface area contributed by atoms with Gasteiger partial charge in [0, 0.05) is 50.9 Å². The van der Waals surface area contributed by atoms with Gasteiger partial charge in [0.15, 0.2) is 0 Å². The summed E-state index contributed by atoms with van der Waals surface area (Å²) in [4.78, 5) is 10.2. The van der Waals surface area contributed by atoms with Gasteiger partial charge in [-0.25, -0.2) is 8.42 Å². The molecule has 162 valence electrons. The molecule has 0 amide bonds. The fraction of sp³-hybridized carbons (Fsp3) is 0.600. The van der Waals surface area contributed by atoms with Crippen LogP contribution in [0.5, 0.6) is 0 Å². The summed E-state index contributed by atoms with van der Waals surface area (Å²) >= 11 is 5.99. The van der Waals surface area contributed by atoms with Gasteiger partial charge in [-0.2, -0.15) is 21.3 Å². The van der Waals surface area contributed by atoms with Gasteiger partial charge in [0.2, 0.25) is 10.0 Å². The van der Waals surface area contributed by atoms with Crippen LogP contribution in [0.15, 0.2) is 17.0 Å². The van der Waals surface area contributed by atoms with Gasteiger partial charge in [0.05, 0.1) is 28.1 Å². The van der Waals surface area contributed by atoms with Crippen molar-refractivity contribution in [1.29, 1.82) is 0 Å². The number of nitro groups is 1. The van der Waals surface area contributed by atoms with Crippen molar-refractivity contribution in [2.75, 3.05) is 52.5 Å². The molecule has 2 heterocycles. The molecule has 0 atom stereocenters. The molecule has 14 heteroatoms. The number of piperazine rings is 1. The smallest absolute Gasteiger partial charge is 0.282 e. The summed E-state index contributed by atoms with van der Waals surface area (Å²) in [6.07, 6.45) is 0. The molecule has 2 aliphatic rings. The highest BCUT2D eigenvalue weighted by Gasteiger charge is 2.37. The van der Waals surface area contributed by atoms with Crippen molar-refractivity contribution in [2.24, 2.45) is 0 Å². The molecule has 3 rings (SSSR count). The second kappa shape index (κ2) is 8.41. The average molecular weight is 469 g/mol. The van der Waals surface area contributed by atoms with Gasteiger partial charge in [-0.1, -0.05) is 11.6 Å². The molecule has 2 fully saturated rings. The standard InChI is InChI=1S/C15H21ClN4O7S2/c1-12-14(16)10-13(11-15(12)20(21)22)28(23,24)17-2-4-18(5-3-17)29(25,26)19-6-8-27-9-7-19/h10-11H,2-9H2,1H3. The maximum atomic E-state index is 12.9. The molecule has 1 aromatic rings. The van der Waals surface area contributed by atoms with Crippen LogP contribution >= 0.6 is 11.6 Å². The Morgan fingerprint density at radius 2 is 1.48 bits per heavy atom. The summed E-state index contributed by atoms with van der Waals surface area (Å²) in [5.74, 6) is 0. The normalized spacial score (nSPS) is 20.6. The summed E-state index contributed by atoms with van der Waals surface area (Å²) in [5, 5.41) is 11.2. The lowest BCUT2D eigenvalue weighted by atomic mass is 10.2. The van der Waals surface area contributed by atoms with E-state index >= 15 is 0 Å².